The first-order valence-corrected chi connectivity index (χ1v) is 5.59. The van der Waals surface area contributed by atoms with Crippen molar-refractivity contribution in [2.45, 2.75) is 0 Å². The largest absolute Gasteiger partial charge is 0.508 e. The quantitative estimate of drug-likeness (QED) is 0.749. The van der Waals surface area contributed by atoms with Gasteiger partial charge in [0.15, 0.2) is 5.88 Å². The van der Waals surface area contributed by atoms with Crippen LogP contribution in [0.1, 0.15) is 0 Å². The molecular formula is C14H12N2O2. The molecule has 2 heterocycles. The SMILES string of the molecule is COc1cccc2cnc(-c3cccc(O)c3)n12. The van der Waals surface area contributed by atoms with Crippen LogP contribution in [-0.2, 0) is 0 Å². The molecule has 0 aliphatic rings. The van der Waals surface area contributed by atoms with Gasteiger partial charge in [-0.05, 0) is 24.3 Å². The first-order chi connectivity index (χ1) is 8.79. The van der Waals surface area contributed by atoms with Gasteiger partial charge in [0.25, 0.3) is 0 Å². The molecule has 0 fully saturated rings. The Kier molecular flexibility index (Phi) is 2.41. The molecule has 3 rings (SSSR count). The van der Waals surface area contributed by atoms with Gasteiger partial charge in [-0.25, -0.2) is 4.98 Å². The third kappa shape index (κ3) is 1.59. The van der Waals surface area contributed by atoms with Crippen LogP contribution < -0.4 is 4.74 Å². The second-order valence-electron chi connectivity index (χ2n) is 3.96. The van der Waals surface area contributed by atoms with Crippen LogP contribution >= 0.6 is 0 Å². The molecule has 0 bridgehead atoms. The van der Waals surface area contributed by atoms with Crippen LogP contribution in [0.4, 0.5) is 0 Å². The molecular weight excluding hydrogens is 228 g/mol. The van der Waals surface area contributed by atoms with E-state index in [1.165, 1.54) is 0 Å². The molecule has 90 valence electrons. The highest BCUT2D eigenvalue weighted by atomic mass is 16.5. The zero-order valence-electron chi connectivity index (χ0n) is 9.87. The number of aromatic hydroxyl groups is 1. The van der Waals surface area contributed by atoms with Crippen molar-refractivity contribution in [3.63, 3.8) is 0 Å². The molecule has 0 saturated carbocycles. The number of phenols is 1. The van der Waals surface area contributed by atoms with Crippen molar-refractivity contribution in [1.82, 2.24) is 9.38 Å². The molecule has 0 amide bonds. The van der Waals surface area contributed by atoms with Gasteiger partial charge in [-0.3, -0.25) is 4.40 Å². The number of pyridine rings is 1. The van der Waals surface area contributed by atoms with Crippen molar-refractivity contribution in [2.75, 3.05) is 7.11 Å². The van der Waals surface area contributed by atoms with E-state index in [1.807, 2.05) is 28.7 Å². The molecule has 1 N–H and O–H groups in total. The Balaban J connectivity index is 2.30. The average molecular weight is 240 g/mol. The van der Waals surface area contributed by atoms with Gasteiger partial charge in [-0.15, -0.1) is 0 Å². The number of aromatic nitrogens is 2. The number of ether oxygens (including phenoxy) is 1. The van der Waals surface area contributed by atoms with E-state index in [0.29, 0.717) is 5.88 Å². The number of imidazole rings is 1. The van der Waals surface area contributed by atoms with E-state index in [-0.39, 0.29) is 5.75 Å². The predicted octanol–water partition coefficient (Wildman–Crippen LogP) is 2.72. The van der Waals surface area contributed by atoms with Crippen LogP contribution in [0.2, 0.25) is 0 Å². The third-order valence-electron chi connectivity index (χ3n) is 2.83. The van der Waals surface area contributed by atoms with Crippen molar-refractivity contribution in [3.8, 4) is 23.0 Å². The summed E-state index contributed by atoms with van der Waals surface area (Å²) < 4.78 is 7.25. The number of fused-ring (bicyclic) bond motifs is 1. The second-order valence-corrected chi connectivity index (χ2v) is 3.96. The monoisotopic (exact) mass is 240 g/mol. The smallest absolute Gasteiger partial charge is 0.199 e. The lowest BCUT2D eigenvalue weighted by molar-refractivity contribution is 0.393. The number of hydrogen-bond acceptors (Lipinski definition) is 3. The maximum absolute atomic E-state index is 9.54. The second kappa shape index (κ2) is 4.07. The fraction of sp³-hybridized carbons (Fsp3) is 0.0714. The first kappa shape index (κ1) is 10.7. The Morgan fingerprint density at radius 1 is 1.17 bits per heavy atom. The molecule has 0 spiro atoms. The molecule has 0 atom stereocenters. The van der Waals surface area contributed by atoms with Crippen molar-refractivity contribution >= 4 is 5.52 Å². The van der Waals surface area contributed by atoms with E-state index in [2.05, 4.69) is 4.98 Å². The maximum atomic E-state index is 9.54. The highest BCUT2D eigenvalue weighted by molar-refractivity contribution is 5.65. The minimum atomic E-state index is 0.221. The van der Waals surface area contributed by atoms with Gasteiger partial charge in [-0.2, -0.15) is 0 Å². The van der Waals surface area contributed by atoms with E-state index in [9.17, 15) is 5.11 Å². The van der Waals surface area contributed by atoms with Gasteiger partial charge in [-0.1, -0.05) is 18.2 Å². The molecule has 1 aromatic carbocycles. The van der Waals surface area contributed by atoms with Gasteiger partial charge in [0.05, 0.1) is 18.8 Å². The van der Waals surface area contributed by atoms with Crippen molar-refractivity contribution in [2.24, 2.45) is 0 Å². The topological polar surface area (TPSA) is 46.8 Å². The lowest BCUT2D eigenvalue weighted by Crippen LogP contribution is -1.95. The first-order valence-electron chi connectivity index (χ1n) is 5.59. The summed E-state index contributed by atoms with van der Waals surface area (Å²) in [6.45, 7) is 0. The lowest BCUT2D eigenvalue weighted by atomic mass is 10.2. The number of phenolic OH excluding ortho intramolecular Hbond substituents is 1. The number of benzene rings is 1. The average Bonchev–Trinajstić information content (AvgIpc) is 2.82. The predicted molar refractivity (Wildman–Crippen MR) is 68.8 cm³/mol. The summed E-state index contributed by atoms with van der Waals surface area (Å²) >= 11 is 0. The Bertz CT molecular complexity index is 704. The van der Waals surface area contributed by atoms with Crippen LogP contribution in [0, 0.1) is 0 Å². The van der Waals surface area contributed by atoms with Crippen molar-refractivity contribution in [1.29, 1.82) is 0 Å². The van der Waals surface area contributed by atoms with Gasteiger partial charge in [0, 0.05) is 5.56 Å². The number of hydrogen-bond donors (Lipinski definition) is 1. The molecule has 4 nitrogen and oxygen atoms in total. The molecule has 2 aromatic heterocycles. The number of nitrogens with zero attached hydrogens (tertiary/aromatic N) is 2. The molecule has 3 aromatic rings. The van der Waals surface area contributed by atoms with Gasteiger partial charge in [0.2, 0.25) is 0 Å². The van der Waals surface area contributed by atoms with Crippen molar-refractivity contribution in [3.05, 3.63) is 48.7 Å². The minimum Gasteiger partial charge on any atom is -0.508 e. The normalized spacial score (nSPS) is 10.7. The fourth-order valence-electron chi connectivity index (χ4n) is 2.03. The van der Waals surface area contributed by atoms with Crippen LogP contribution in [0.5, 0.6) is 11.6 Å². The summed E-state index contributed by atoms with van der Waals surface area (Å²) in [5.74, 6) is 1.68. The molecule has 18 heavy (non-hydrogen) atoms. The van der Waals surface area contributed by atoms with Crippen LogP contribution in [-0.4, -0.2) is 21.6 Å². The Morgan fingerprint density at radius 3 is 2.78 bits per heavy atom. The van der Waals surface area contributed by atoms with Gasteiger partial charge >= 0.3 is 0 Å². The zero-order chi connectivity index (χ0) is 12.5. The molecule has 0 aliphatic heterocycles. The van der Waals surface area contributed by atoms with Crippen LogP contribution in [0.25, 0.3) is 16.9 Å². The molecule has 0 saturated heterocycles. The summed E-state index contributed by atoms with van der Waals surface area (Å²) in [4.78, 5) is 4.39. The van der Waals surface area contributed by atoms with Gasteiger partial charge < -0.3 is 9.84 Å². The van der Waals surface area contributed by atoms with E-state index >= 15 is 0 Å². The summed E-state index contributed by atoms with van der Waals surface area (Å²) in [7, 11) is 1.63. The standard InChI is InChI=1S/C14H12N2O2/c1-18-13-7-3-5-11-9-15-14(16(11)13)10-4-2-6-12(17)8-10/h2-9,17H,1H3. The summed E-state index contributed by atoms with van der Waals surface area (Å²) in [5, 5.41) is 9.54. The highest BCUT2D eigenvalue weighted by Gasteiger charge is 2.10. The molecule has 0 radical (unpaired) electrons. The third-order valence-corrected chi connectivity index (χ3v) is 2.83. The van der Waals surface area contributed by atoms with Crippen LogP contribution in [0.3, 0.4) is 0 Å². The minimum absolute atomic E-state index is 0.221. The summed E-state index contributed by atoms with van der Waals surface area (Å²) in [6, 6.07) is 12.8. The number of rotatable bonds is 2. The summed E-state index contributed by atoms with van der Waals surface area (Å²) in [6.07, 6.45) is 1.78. The number of methoxy groups -OCH3 is 1. The maximum Gasteiger partial charge on any atom is 0.199 e. The Morgan fingerprint density at radius 2 is 2.00 bits per heavy atom. The molecule has 0 aliphatic carbocycles. The van der Waals surface area contributed by atoms with Crippen molar-refractivity contribution < 1.29 is 9.84 Å². The van der Waals surface area contributed by atoms with Crippen LogP contribution in [0.15, 0.2) is 48.7 Å². The highest BCUT2D eigenvalue weighted by Crippen LogP contribution is 2.26. The zero-order valence-corrected chi connectivity index (χ0v) is 9.87. The van der Waals surface area contributed by atoms with E-state index in [4.69, 9.17) is 4.74 Å². The Hall–Kier alpha value is -2.49. The molecule has 0 unspecified atom stereocenters. The van der Waals surface area contributed by atoms with E-state index < -0.39 is 0 Å². The molecule has 4 heteroatoms. The fourth-order valence-corrected chi connectivity index (χ4v) is 2.03. The van der Waals surface area contributed by atoms with E-state index in [1.54, 1.807) is 31.5 Å². The summed E-state index contributed by atoms with van der Waals surface area (Å²) in [5.41, 5.74) is 1.80. The Labute approximate surface area is 104 Å². The van der Waals surface area contributed by atoms with Gasteiger partial charge in [0.1, 0.15) is 11.6 Å². The lowest BCUT2D eigenvalue weighted by Gasteiger charge is -2.07. The van der Waals surface area contributed by atoms with E-state index in [0.717, 1.165) is 16.9 Å².